The third-order valence-corrected chi connectivity index (χ3v) is 4.31. The molecule has 3 aromatic rings. The number of methoxy groups -OCH3 is 2. The molecule has 2 N–H and O–H groups in total. The molecule has 1 heterocycles. The number of amides is 1. The van der Waals surface area contributed by atoms with E-state index in [9.17, 15) is 4.79 Å². The number of nitrogens with one attached hydrogen (secondary N) is 2. The van der Waals surface area contributed by atoms with E-state index in [0.29, 0.717) is 35.4 Å². The van der Waals surface area contributed by atoms with Crippen LogP contribution in [-0.2, 0) is 6.42 Å². The largest absolute Gasteiger partial charge is 0.497 e. The Morgan fingerprint density at radius 1 is 1.03 bits per heavy atom. The first kappa shape index (κ1) is 20.1. The number of benzene rings is 2. The van der Waals surface area contributed by atoms with E-state index >= 15 is 0 Å². The van der Waals surface area contributed by atoms with Gasteiger partial charge < -0.3 is 20.1 Å². The zero-order valence-corrected chi connectivity index (χ0v) is 16.5. The highest BCUT2D eigenvalue weighted by molar-refractivity contribution is 5.92. The zero-order chi connectivity index (χ0) is 20.5. The van der Waals surface area contributed by atoms with E-state index in [4.69, 9.17) is 9.47 Å². The number of hydrogen-bond acceptors (Lipinski definition) is 6. The summed E-state index contributed by atoms with van der Waals surface area (Å²) in [4.78, 5) is 20.9. The van der Waals surface area contributed by atoms with Crippen molar-refractivity contribution in [1.82, 2.24) is 15.3 Å². The van der Waals surface area contributed by atoms with Crippen molar-refractivity contribution in [2.45, 2.75) is 12.8 Å². The minimum atomic E-state index is -0.231. The van der Waals surface area contributed by atoms with Gasteiger partial charge in [0.15, 0.2) is 0 Å². The third kappa shape index (κ3) is 5.68. The first-order valence-corrected chi connectivity index (χ1v) is 9.34. The Labute approximate surface area is 170 Å². The molecular weight excluding hydrogens is 368 g/mol. The molecule has 0 atom stereocenters. The number of aryl methyl sites for hydroxylation is 1. The standard InChI is InChI=1S/C22H24N4O3/c1-28-17-10-11-18(20(15-17)29-2)25-22-24-14-12-19(26-22)21(27)23-13-6-9-16-7-4-3-5-8-16/h3-5,7-8,10-12,14-15H,6,9,13H2,1-2H3,(H,23,27)(H,24,25,26). The lowest BCUT2D eigenvalue weighted by Crippen LogP contribution is -2.26. The van der Waals surface area contributed by atoms with Crippen molar-refractivity contribution in [3.05, 3.63) is 72.1 Å². The summed E-state index contributed by atoms with van der Waals surface area (Å²) in [5, 5.41) is 5.98. The maximum Gasteiger partial charge on any atom is 0.270 e. The normalized spacial score (nSPS) is 10.3. The maximum absolute atomic E-state index is 12.4. The molecule has 0 spiro atoms. The number of rotatable bonds is 9. The summed E-state index contributed by atoms with van der Waals surface area (Å²) >= 11 is 0. The van der Waals surface area contributed by atoms with Gasteiger partial charge in [-0.1, -0.05) is 30.3 Å². The fraction of sp³-hybridized carbons (Fsp3) is 0.227. The first-order chi connectivity index (χ1) is 14.2. The average Bonchev–Trinajstić information content (AvgIpc) is 2.77. The lowest BCUT2D eigenvalue weighted by atomic mass is 10.1. The fourth-order valence-electron chi connectivity index (χ4n) is 2.80. The van der Waals surface area contributed by atoms with Gasteiger partial charge in [-0.05, 0) is 36.6 Å². The Kier molecular flexibility index (Phi) is 7.00. The molecule has 0 unspecified atom stereocenters. The SMILES string of the molecule is COc1ccc(Nc2nccc(C(=O)NCCCc3ccccc3)n2)c(OC)c1. The van der Waals surface area contributed by atoms with Crippen molar-refractivity contribution in [2.24, 2.45) is 0 Å². The number of ether oxygens (including phenoxy) is 2. The predicted octanol–water partition coefficient (Wildman–Crippen LogP) is 3.60. The lowest BCUT2D eigenvalue weighted by molar-refractivity contribution is 0.0948. The van der Waals surface area contributed by atoms with E-state index in [1.165, 1.54) is 5.56 Å². The van der Waals surface area contributed by atoms with E-state index in [1.54, 1.807) is 44.7 Å². The van der Waals surface area contributed by atoms with Gasteiger partial charge in [0.05, 0.1) is 19.9 Å². The monoisotopic (exact) mass is 392 g/mol. The topological polar surface area (TPSA) is 85.4 Å². The highest BCUT2D eigenvalue weighted by Gasteiger charge is 2.11. The van der Waals surface area contributed by atoms with Gasteiger partial charge in [-0.3, -0.25) is 4.79 Å². The maximum atomic E-state index is 12.4. The van der Waals surface area contributed by atoms with Crippen molar-refractivity contribution in [3.63, 3.8) is 0 Å². The molecule has 1 amide bonds. The second-order valence-electron chi connectivity index (χ2n) is 6.30. The molecule has 3 rings (SSSR count). The van der Waals surface area contributed by atoms with Crippen LogP contribution in [0.3, 0.4) is 0 Å². The van der Waals surface area contributed by atoms with Gasteiger partial charge in [0.25, 0.3) is 5.91 Å². The van der Waals surface area contributed by atoms with Crippen molar-refractivity contribution >= 4 is 17.5 Å². The molecule has 29 heavy (non-hydrogen) atoms. The molecule has 7 nitrogen and oxygen atoms in total. The second kappa shape index (κ2) is 10.1. The van der Waals surface area contributed by atoms with Crippen molar-refractivity contribution in [1.29, 1.82) is 0 Å². The van der Waals surface area contributed by atoms with E-state index in [2.05, 4.69) is 32.7 Å². The molecule has 0 aliphatic heterocycles. The summed E-state index contributed by atoms with van der Waals surface area (Å²) in [5.74, 6) is 1.34. The van der Waals surface area contributed by atoms with E-state index < -0.39 is 0 Å². The lowest BCUT2D eigenvalue weighted by Gasteiger charge is -2.12. The number of hydrogen-bond donors (Lipinski definition) is 2. The van der Waals surface area contributed by atoms with Crippen LogP contribution in [0.5, 0.6) is 11.5 Å². The van der Waals surface area contributed by atoms with Crippen LogP contribution >= 0.6 is 0 Å². The van der Waals surface area contributed by atoms with Crippen LogP contribution in [0.25, 0.3) is 0 Å². The molecule has 150 valence electrons. The smallest absolute Gasteiger partial charge is 0.270 e. The number of nitrogens with zero attached hydrogens (tertiary/aromatic N) is 2. The number of aromatic nitrogens is 2. The minimum absolute atomic E-state index is 0.231. The van der Waals surface area contributed by atoms with E-state index in [0.717, 1.165) is 12.8 Å². The van der Waals surface area contributed by atoms with Crippen LogP contribution in [0.4, 0.5) is 11.6 Å². The molecule has 0 fully saturated rings. The van der Waals surface area contributed by atoms with Crippen LogP contribution in [0.15, 0.2) is 60.8 Å². The quantitative estimate of drug-likeness (QED) is 0.541. The molecule has 0 saturated carbocycles. The summed E-state index contributed by atoms with van der Waals surface area (Å²) in [5.41, 5.74) is 2.23. The number of carbonyl (C=O) groups excluding carboxylic acids is 1. The summed E-state index contributed by atoms with van der Waals surface area (Å²) in [6, 6.07) is 17.1. The summed E-state index contributed by atoms with van der Waals surface area (Å²) < 4.78 is 10.6. The molecule has 2 aromatic carbocycles. The van der Waals surface area contributed by atoms with Gasteiger partial charge in [0.1, 0.15) is 17.2 Å². The Hall–Kier alpha value is -3.61. The summed E-state index contributed by atoms with van der Waals surface area (Å²) in [6.45, 7) is 0.576. The number of anilines is 2. The predicted molar refractivity (Wildman–Crippen MR) is 112 cm³/mol. The molecule has 1 aromatic heterocycles. The Balaban J connectivity index is 1.58. The van der Waals surface area contributed by atoms with Gasteiger partial charge in [0.2, 0.25) is 5.95 Å². The van der Waals surface area contributed by atoms with Crippen molar-refractivity contribution in [3.8, 4) is 11.5 Å². The van der Waals surface area contributed by atoms with Gasteiger partial charge in [0, 0.05) is 18.8 Å². The van der Waals surface area contributed by atoms with Gasteiger partial charge in [-0.2, -0.15) is 0 Å². The minimum Gasteiger partial charge on any atom is -0.497 e. The first-order valence-electron chi connectivity index (χ1n) is 9.34. The molecule has 0 aliphatic rings. The Morgan fingerprint density at radius 2 is 1.86 bits per heavy atom. The van der Waals surface area contributed by atoms with Crippen LogP contribution in [0.1, 0.15) is 22.5 Å². The van der Waals surface area contributed by atoms with Crippen molar-refractivity contribution in [2.75, 3.05) is 26.1 Å². The third-order valence-electron chi connectivity index (χ3n) is 4.31. The van der Waals surface area contributed by atoms with Gasteiger partial charge in [-0.25, -0.2) is 9.97 Å². The molecule has 7 heteroatoms. The van der Waals surface area contributed by atoms with Crippen molar-refractivity contribution < 1.29 is 14.3 Å². The summed E-state index contributed by atoms with van der Waals surface area (Å²) in [7, 11) is 3.16. The summed E-state index contributed by atoms with van der Waals surface area (Å²) in [6.07, 6.45) is 3.31. The highest BCUT2D eigenvalue weighted by atomic mass is 16.5. The zero-order valence-electron chi connectivity index (χ0n) is 16.5. The Morgan fingerprint density at radius 3 is 2.62 bits per heavy atom. The van der Waals surface area contributed by atoms with Crippen LogP contribution in [0.2, 0.25) is 0 Å². The van der Waals surface area contributed by atoms with Crippen LogP contribution < -0.4 is 20.1 Å². The molecule has 0 aliphatic carbocycles. The van der Waals surface area contributed by atoms with Gasteiger partial charge in [-0.15, -0.1) is 0 Å². The molecule has 0 saturated heterocycles. The van der Waals surface area contributed by atoms with Gasteiger partial charge >= 0.3 is 0 Å². The average molecular weight is 392 g/mol. The molecule has 0 radical (unpaired) electrons. The second-order valence-corrected chi connectivity index (χ2v) is 6.30. The fourth-order valence-corrected chi connectivity index (χ4v) is 2.80. The number of carbonyl (C=O) groups is 1. The Bertz CT molecular complexity index is 948. The highest BCUT2D eigenvalue weighted by Crippen LogP contribution is 2.30. The molecule has 0 bridgehead atoms. The van der Waals surface area contributed by atoms with Crippen LogP contribution in [0, 0.1) is 0 Å². The van der Waals surface area contributed by atoms with Crippen LogP contribution in [-0.4, -0.2) is 36.6 Å². The van der Waals surface area contributed by atoms with E-state index in [-0.39, 0.29) is 5.91 Å². The van der Waals surface area contributed by atoms with E-state index in [1.807, 2.05) is 18.2 Å². The molecular formula is C22H24N4O3.